The molecule has 1 fully saturated rings. The summed E-state index contributed by atoms with van der Waals surface area (Å²) in [6, 6.07) is 0. The van der Waals surface area contributed by atoms with Gasteiger partial charge in [0, 0.05) is 0 Å². The van der Waals surface area contributed by atoms with Gasteiger partial charge in [0.15, 0.2) is 0 Å². The first kappa shape index (κ1) is 12.2. The molecule has 13 heavy (non-hydrogen) atoms. The summed E-state index contributed by atoms with van der Waals surface area (Å²) in [4.78, 5) is 8.90. The van der Waals surface area contributed by atoms with Gasteiger partial charge in [-0.2, -0.15) is 13.2 Å². The summed E-state index contributed by atoms with van der Waals surface area (Å²) in [5, 5.41) is 15.9. The highest BCUT2D eigenvalue weighted by molar-refractivity contribution is 5.73. The lowest BCUT2D eigenvalue weighted by atomic mass is 10.3. The van der Waals surface area contributed by atoms with Crippen molar-refractivity contribution in [2.75, 3.05) is 0 Å². The third kappa shape index (κ3) is 6.39. The molecular weight excluding hydrogens is 189 g/mol. The van der Waals surface area contributed by atoms with Crippen LogP contribution in [0.25, 0.3) is 0 Å². The number of aliphatic hydroxyl groups is 1. The highest BCUT2D eigenvalue weighted by Gasteiger charge is 2.38. The van der Waals surface area contributed by atoms with Crippen molar-refractivity contribution >= 4 is 5.97 Å². The fourth-order valence-corrected chi connectivity index (χ4v) is 0.904. The Balaban J connectivity index is 0.000000223. The Labute approximate surface area is 73.2 Å². The molecule has 0 spiro atoms. The van der Waals surface area contributed by atoms with E-state index in [-0.39, 0.29) is 6.10 Å². The lowest BCUT2D eigenvalue weighted by molar-refractivity contribution is -0.192. The zero-order valence-electron chi connectivity index (χ0n) is 6.84. The van der Waals surface area contributed by atoms with E-state index in [9.17, 15) is 13.2 Å². The van der Waals surface area contributed by atoms with Crippen molar-refractivity contribution < 1.29 is 28.2 Å². The zero-order valence-corrected chi connectivity index (χ0v) is 6.84. The van der Waals surface area contributed by atoms with Gasteiger partial charge in [-0.15, -0.1) is 0 Å². The molecule has 0 unspecified atom stereocenters. The number of rotatable bonds is 0. The largest absolute Gasteiger partial charge is 0.490 e. The number of carboxylic acids is 1. The summed E-state index contributed by atoms with van der Waals surface area (Å²) in [5.74, 6) is -2.76. The number of halogens is 3. The quantitative estimate of drug-likeness (QED) is 0.623. The smallest absolute Gasteiger partial charge is 0.475 e. The minimum absolute atomic E-state index is 0.0463. The number of alkyl halides is 3. The second-order valence-electron chi connectivity index (χ2n) is 2.74. The number of hydrogen-bond acceptors (Lipinski definition) is 2. The van der Waals surface area contributed by atoms with Crippen molar-refractivity contribution in [3.63, 3.8) is 0 Å². The normalized spacial score (nSPS) is 17.8. The second kappa shape index (κ2) is 5.06. The molecule has 1 aliphatic carbocycles. The highest BCUT2D eigenvalue weighted by Crippen LogP contribution is 2.16. The molecule has 78 valence electrons. The van der Waals surface area contributed by atoms with Crippen LogP contribution in [0.4, 0.5) is 13.2 Å². The third-order valence-corrected chi connectivity index (χ3v) is 1.57. The maximum atomic E-state index is 10.6. The van der Waals surface area contributed by atoms with Crippen LogP contribution in [0, 0.1) is 0 Å². The van der Waals surface area contributed by atoms with E-state index in [1.165, 1.54) is 12.8 Å². The first-order valence-electron chi connectivity index (χ1n) is 3.82. The average molecular weight is 200 g/mol. The Morgan fingerprint density at radius 3 is 1.62 bits per heavy atom. The van der Waals surface area contributed by atoms with Crippen LogP contribution in [0.1, 0.15) is 25.7 Å². The summed E-state index contributed by atoms with van der Waals surface area (Å²) in [6.07, 6.45) is -0.479. The second-order valence-corrected chi connectivity index (χ2v) is 2.74. The minimum atomic E-state index is -5.08. The van der Waals surface area contributed by atoms with Gasteiger partial charge in [-0.25, -0.2) is 4.79 Å². The van der Waals surface area contributed by atoms with Gasteiger partial charge in [-0.1, -0.05) is 12.8 Å². The maximum absolute atomic E-state index is 10.6. The van der Waals surface area contributed by atoms with Gasteiger partial charge in [0.1, 0.15) is 0 Å². The standard InChI is InChI=1S/C5H10O.C2HF3O2/c6-5-3-1-2-4-5;3-2(4,5)1(6)7/h5-6H,1-4H2;(H,6,7). The van der Waals surface area contributed by atoms with Crippen molar-refractivity contribution in [2.24, 2.45) is 0 Å². The van der Waals surface area contributed by atoms with Crippen LogP contribution in [-0.2, 0) is 4.79 Å². The van der Waals surface area contributed by atoms with Crippen LogP contribution in [0.15, 0.2) is 0 Å². The molecule has 0 amide bonds. The van der Waals surface area contributed by atoms with E-state index >= 15 is 0 Å². The van der Waals surface area contributed by atoms with E-state index in [4.69, 9.17) is 15.0 Å². The molecule has 6 heteroatoms. The topological polar surface area (TPSA) is 57.5 Å². The molecule has 3 nitrogen and oxygen atoms in total. The SMILES string of the molecule is O=C(O)C(F)(F)F.OC1CCCC1. The monoisotopic (exact) mass is 200 g/mol. The fraction of sp³-hybridized carbons (Fsp3) is 0.857. The van der Waals surface area contributed by atoms with Gasteiger partial charge in [0.25, 0.3) is 0 Å². The third-order valence-electron chi connectivity index (χ3n) is 1.57. The number of hydrogen-bond donors (Lipinski definition) is 2. The van der Waals surface area contributed by atoms with Crippen molar-refractivity contribution in [3.05, 3.63) is 0 Å². The van der Waals surface area contributed by atoms with E-state index in [1.54, 1.807) is 0 Å². The molecule has 1 aliphatic rings. The first-order chi connectivity index (χ1) is 5.84. The van der Waals surface area contributed by atoms with Gasteiger partial charge in [-0.05, 0) is 12.8 Å². The van der Waals surface area contributed by atoms with Crippen LogP contribution in [-0.4, -0.2) is 28.5 Å². The van der Waals surface area contributed by atoms with Crippen LogP contribution < -0.4 is 0 Å². The van der Waals surface area contributed by atoms with Crippen molar-refractivity contribution in [2.45, 2.75) is 38.0 Å². The lowest BCUT2D eigenvalue weighted by Crippen LogP contribution is -2.21. The van der Waals surface area contributed by atoms with Crippen LogP contribution in [0.5, 0.6) is 0 Å². The van der Waals surface area contributed by atoms with Gasteiger partial charge in [-0.3, -0.25) is 0 Å². The molecule has 1 saturated carbocycles. The Morgan fingerprint density at radius 1 is 1.23 bits per heavy atom. The molecule has 2 N–H and O–H groups in total. The van der Waals surface area contributed by atoms with Crippen LogP contribution >= 0.6 is 0 Å². The molecule has 0 aromatic rings. The zero-order chi connectivity index (χ0) is 10.5. The fourth-order valence-electron chi connectivity index (χ4n) is 0.904. The predicted molar refractivity (Wildman–Crippen MR) is 38.2 cm³/mol. The Morgan fingerprint density at radius 2 is 1.54 bits per heavy atom. The summed E-state index contributed by atoms with van der Waals surface area (Å²) in [7, 11) is 0. The summed E-state index contributed by atoms with van der Waals surface area (Å²) < 4.78 is 31.7. The number of aliphatic carboxylic acids is 1. The van der Waals surface area contributed by atoms with E-state index in [0.717, 1.165) is 12.8 Å². The van der Waals surface area contributed by atoms with Crippen molar-refractivity contribution in [3.8, 4) is 0 Å². The molecule has 0 aromatic carbocycles. The summed E-state index contributed by atoms with van der Waals surface area (Å²) in [6.45, 7) is 0. The molecular formula is C7H11F3O3. The van der Waals surface area contributed by atoms with Gasteiger partial charge < -0.3 is 10.2 Å². The molecule has 0 aliphatic heterocycles. The van der Waals surface area contributed by atoms with E-state index in [1.807, 2.05) is 0 Å². The number of carboxylic acid groups (broad SMARTS) is 1. The molecule has 0 radical (unpaired) electrons. The Kier molecular flexibility index (Phi) is 4.76. The molecule has 0 bridgehead atoms. The molecule has 0 atom stereocenters. The van der Waals surface area contributed by atoms with Crippen LogP contribution in [0.2, 0.25) is 0 Å². The van der Waals surface area contributed by atoms with E-state index in [2.05, 4.69) is 0 Å². The first-order valence-corrected chi connectivity index (χ1v) is 3.82. The average Bonchev–Trinajstić information content (AvgIpc) is 2.38. The maximum Gasteiger partial charge on any atom is 0.490 e. The summed E-state index contributed by atoms with van der Waals surface area (Å²) in [5.41, 5.74) is 0. The van der Waals surface area contributed by atoms with Gasteiger partial charge in [0.2, 0.25) is 0 Å². The highest BCUT2D eigenvalue weighted by atomic mass is 19.4. The van der Waals surface area contributed by atoms with Crippen LogP contribution in [0.3, 0.4) is 0 Å². The molecule has 0 heterocycles. The molecule has 0 aromatic heterocycles. The van der Waals surface area contributed by atoms with Crippen molar-refractivity contribution in [1.82, 2.24) is 0 Å². The van der Waals surface area contributed by atoms with Crippen molar-refractivity contribution in [1.29, 1.82) is 0 Å². The van der Waals surface area contributed by atoms with E-state index < -0.39 is 12.1 Å². The Bertz CT molecular complexity index is 161. The van der Waals surface area contributed by atoms with Gasteiger partial charge >= 0.3 is 12.1 Å². The predicted octanol–water partition coefficient (Wildman–Crippen LogP) is 1.55. The minimum Gasteiger partial charge on any atom is -0.475 e. The number of carbonyl (C=O) groups is 1. The Hall–Kier alpha value is -0.780. The molecule has 0 saturated heterocycles. The van der Waals surface area contributed by atoms with Gasteiger partial charge in [0.05, 0.1) is 6.10 Å². The number of aliphatic hydroxyl groups excluding tert-OH is 1. The summed E-state index contributed by atoms with van der Waals surface area (Å²) >= 11 is 0. The lowest BCUT2D eigenvalue weighted by Gasteiger charge is -1.93. The molecule has 1 rings (SSSR count). The van der Waals surface area contributed by atoms with E-state index in [0.29, 0.717) is 0 Å².